The monoisotopic (exact) mass is 339 g/mol. The van der Waals surface area contributed by atoms with Crippen molar-refractivity contribution < 1.29 is 4.79 Å². The van der Waals surface area contributed by atoms with Gasteiger partial charge in [-0.05, 0) is 31.5 Å². The Labute approximate surface area is 138 Å². The Bertz CT molecular complexity index is 688. The van der Waals surface area contributed by atoms with Gasteiger partial charge in [0.1, 0.15) is 0 Å². The topological polar surface area (TPSA) is 85.8 Å². The fourth-order valence-corrected chi connectivity index (χ4v) is 2.72. The highest BCUT2D eigenvalue weighted by atomic mass is 35.5. The molecule has 3 N–H and O–H groups in total. The number of nitrogens with two attached hydrogens (primary N) is 1. The van der Waals surface area contributed by atoms with Crippen LogP contribution in [0, 0.1) is 6.92 Å². The summed E-state index contributed by atoms with van der Waals surface area (Å²) in [5.41, 5.74) is 1.63. The molecule has 22 heavy (non-hydrogen) atoms. The second-order valence-electron chi connectivity index (χ2n) is 4.84. The van der Waals surface area contributed by atoms with Crippen molar-refractivity contribution in [1.29, 1.82) is 0 Å². The van der Waals surface area contributed by atoms with Crippen molar-refractivity contribution in [3.63, 3.8) is 0 Å². The Hall–Kier alpha value is -1.73. The van der Waals surface area contributed by atoms with Gasteiger partial charge in [0.15, 0.2) is 5.82 Å². The van der Waals surface area contributed by atoms with E-state index in [1.54, 1.807) is 13.0 Å². The number of hydrogen-bond acceptors (Lipinski definition) is 5. The molecule has 0 spiro atoms. The molecule has 1 aromatic carbocycles. The number of amides is 1. The number of carbonyl (C=O) groups is 1. The second-order valence-corrected chi connectivity index (χ2v) is 6.55. The third kappa shape index (κ3) is 3.72. The fourth-order valence-electron chi connectivity index (χ4n) is 1.75. The number of hydrogen-bond donors (Lipinski definition) is 2. The quantitative estimate of drug-likeness (QED) is 0.646. The first kappa shape index (κ1) is 16.6. The Morgan fingerprint density at radius 2 is 2.23 bits per heavy atom. The van der Waals surface area contributed by atoms with Crippen LogP contribution in [0.5, 0.6) is 0 Å². The van der Waals surface area contributed by atoms with Crippen LogP contribution in [0.1, 0.15) is 25.2 Å². The number of halogens is 1. The lowest BCUT2D eigenvalue weighted by molar-refractivity contribution is -0.115. The second kappa shape index (κ2) is 7.02. The number of benzene rings is 1. The van der Waals surface area contributed by atoms with E-state index in [-0.39, 0.29) is 11.2 Å². The number of carbonyl (C=O) groups excluding carboxylic acids is 1. The molecule has 0 aliphatic carbocycles. The fraction of sp³-hybridized carbons (Fsp3) is 0.357. The minimum Gasteiger partial charge on any atom is -0.336 e. The molecule has 1 amide bonds. The van der Waals surface area contributed by atoms with E-state index >= 15 is 0 Å². The molecule has 0 saturated heterocycles. The highest BCUT2D eigenvalue weighted by Crippen LogP contribution is 2.24. The summed E-state index contributed by atoms with van der Waals surface area (Å²) in [4.78, 5) is 12.2. The van der Waals surface area contributed by atoms with Crippen LogP contribution >= 0.6 is 23.4 Å². The largest absolute Gasteiger partial charge is 0.336 e. The number of thioether (sulfide) groups is 1. The van der Waals surface area contributed by atoms with E-state index in [1.807, 2.05) is 26.0 Å². The van der Waals surface area contributed by atoms with Gasteiger partial charge in [0.05, 0.1) is 5.25 Å². The summed E-state index contributed by atoms with van der Waals surface area (Å²) in [6.45, 7) is 5.64. The van der Waals surface area contributed by atoms with Gasteiger partial charge in [-0.1, -0.05) is 36.4 Å². The lowest BCUT2D eigenvalue weighted by Crippen LogP contribution is -2.23. The van der Waals surface area contributed by atoms with E-state index in [4.69, 9.17) is 17.4 Å². The maximum atomic E-state index is 12.2. The van der Waals surface area contributed by atoms with Crippen molar-refractivity contribution in [3.8, 4) is 0 Å². The number of rotatable bonds is 5. The molecule has 0 aliphatic heterocycles. The number of aromatic nitrogens is 3. The van der Waals surface area contributed by atoms with Crippen LogP contribution in [0.4, 0.5) is 5.69 Å². The summed E-state index contributed by atoms with van der Waals surface area (Å²) in [5, 5.41) is 11.6. The maximum absolute atomic E-state index is 12.2. The average Bonchev–Trinajstić information content (AvgIpc) is 2.83. The van der Waals surface area contributed by atoms with Crippen molar-refractivity contribution in [3.05, 3.63) is 34.6 Å². The van der Waals surface area contributed by atoms with Crippen LogP contribution in [0.25, 0.3) is 0 Å². The van der Waals surface area contributed by atoms with Crippen LogP contribution in [0.3, 0.4) is 0 Å². The number of nitrogens with zero attached hydrogens (tertiary/aromatic N) is 3. The van der Waals surface area contributed by atoms with Gasteiger partial charge in [-0.25, -0.2) is 4.68 Å². The minimum absolute atomic E-state index is 0.147. The van der Waals surface area contributed by atoms with E-state index in [2.05, 4.69) is 15.5 Å². The van der Waals surface area contributed by atoms with Gasteiger partial charge in [-0.3, -0.25) is 4.79 Å². The van der Waals surface area contributed by atoms with E-state index in [0.29, 0.717) is 28.1 Å². The van der Waals surface area contributed by atoms with Crippen LogP contribution in [0.2, 0.25) is 5.02 Å². The van der Waals surface area contributed by atoms with Gasteiger partial charge >= 0.3 is 0 Å². The van der Waals surface area contributed by atoms with Crippen LogP contribution in [-0.4, -0.2) is 26.0 Å². The van der Waals surface area contributed by atoms with Crippen LogP contribution in [-0.2, 0) is 11.2 Å². The third-order valence-electron chi connectivity index (χ3n) is 3.14. The van der Waals surface area contributed by atoms with Crippen molar-refractivity contribution >= 4 is 35.0 Å². The third-order valence-corrected chi connectivity index (χ3v) is 4.61. The van der Waals surface area contributed by atoms with Crippen molar-refractivity contribution in [2.45, 2.75) is 37.6 Å². The molecule has 8 heteroatoms. The lowest BCUT2D eigenvalue weighted by Gasteiger charge is -2.12. The molecule has 2 aromatic rings. The Kier molecular flexibility index (Phi) is 5.31. The molecule has 2 rings (SSSR count). The summed E-state index contributed by atoms with van der Waals surface area (Å²) in [6.07, 6.45) is 0.687. The Morgan fingerprint density at radius 3 is 2.82 bits per heavy atom. The summed E-state index contributed by atoms with van der Waals surface area (Å²) >= 11 is 7.31. The standard InChI is InChI=1S/C14H18ClN5OS/c1-4-12-18-19-14(20(12)16)22-9(3)13(21)17-10-6-5-8(2)11(15)7-10/h5-7,9H,4,16H2,1-3H3,(H,17,21)/t9-/m1/s1. The van der Waals surface area contributed by atoms with Gasteiger partial charge in [0.25, 0.3) is 0 Å². The molecular formula is C14H18ClN5OS. The summed E-state index contributed by atoms with van der Waals surface area (Å²) < 4.78 is 1.41. The van der Waals surface area contributed by atoms with Crippen molar-refractivity contribution in [2.75, 3.05) is 11.2 Å². The van der Waals surface area contributed by atoms with Crippen molar-refractivity contribution in [2.24, 2.45) is 0 Å². The van der Waals surface area contributed by atoms with Gasteiger partial charge in [0.2, 0.25) is 11.1 Å². The molecule has 0 unspecified atom stereocenters. The number of nitrogens with one attached hydrogen (secondary N) is 1. The van der Waals surface area contributed by atoms with Gasteiger partial charge in [-0.2, -0.15) is 0 Å². The molecule has 0 aliphatic rings. The highest BCUT2D eigenvalue weighted by molar-refractivity contribution is 8.00. The van der Waals surface area contributed by atoms with E-state index in [1.165, 1.54) is 16.4 Å². The minimum atomic E-state index is -0.365. The summed E-state index contributed by atoms with van der Waals surface area (Å²) in [6, 6.07) is 5.41. The molecule has 1 heterocycles. The average molecular weight is 340 g/mol. The zero-order valence-electron chi connectivity index (χ0n) is 12.6. The van der Waals surface area contributed by atoms with E-state index in [9.17, 15) is 4.79 Å². The zero-order chi connectivity index (χ0) is 16.3. The Balaban J connectivity index is 2.02. The molecule has 0 fully saturated rings. The zero-order valence-corrected chi connectivity index (χ0v) is 14.2. The molecule has 1 atom stereocenters. The number of anilines is 1. The molecule has 0 saturated carbocycles. The first-order chi connectivity index (χ1) is 10.4. The van der Waals surface area contributed by atoms with Crippen molar-refractivity contribution in [1.82, 2.24) is 14.9 Å². The molecule has 0 radical (unpaired) electrons. The van der Waals surface area contributed by atoms with E-state index < -0.39 is 0 Å². The number of nitrogen functional groups attached to an aromatic ring is 1. The summed E-state index contributed by atoms with van der Waals surface area (Å²) in [5.74, 6) is 6.41. The first-order valence-corrected chi connectivity index (χ1v) is 8.11. The van der Waals surface area contributed by atoms with Crippen LogP contribution in [0.15, 0.2) is 23.4 Å². The van der Waals surface area contributed by atoms with Gasteiger partial charge in [0, 0.05) is 17.1 Å². The summed E-state index contributed by atoms with van der Waals surface area (Å²) in [7, 11) is 0. The molecular weight excluding hydrogens is 322 g/mol. The highest BCUT2D eigenvalue weighted by Gasteiger charge is 2.19. The van der Waals surface area contributed by atoms with Crippen LogP contribution < -0.4 is 11.2 Å². The van der Waals surface area contributed by atoms with E-state index in [0.717, 1.165) is 5.56 Å². The maximum Gasteiger partial charge on any atom is 0.237 e. The SMILES string of the molecule is CCc1nnc(S[C@H](C)C(=O)Nc2ccc(C)c(Cl)c2)n1N. The first-order valence-electron chi connectivity index (χ1n) is 6.85. The predicted molar refractivity (Wildman–Crippen MR) is 89.7 cm³/mol. The molecule has 118 valence electrons. The predicted octanol–water partition coefficient (Wildman–Crippen LogP) is 2.64. The Morgan fingerprint density at radius 1 is 1.50 bits per heavy atom. The molecule has 0 bridgehead atoms. The number of aryl methyl sites for hydroxylation is 2. The normalized spacial score (nSPS) is 12.2. The smallest absolute Gasteiger partial charge is 0.237 e. The molecule has 6 nitrogen and oxygen atoms in total. The molecule has 1 aromatic heterocycles. The van der Waals surface area contributed by atoms with Gasteiger partial charge < -0.3 is 11.2 Å². The van der Waals surface area contributed by atoms with Gasteiger partial charge in [-0.15, -0.1) is 10.2 Å². The lowest BCUT2D eigenvalue weighted by atomic mass is 10.2.